The van der Waals surface area contributed by atoms with Crippen LogP contribution < -0.4 is 5.32 Å². The van der Waals surface area contributed by atoms with Crippen LogP contribution in [0.3, 0.4) is 0 Å². The van der Waals surface area contributed by atoms with Crippen LogP contribution in [0.15, 0.2) is 24.4 Å². The number of amides is 1. The number of pyridine rings is 2. The van der Waals surface area contributed by atoms with Gasteiger partial charge in [0.05, 0.1) is 18.7 Å². The summed E-state index contributed by atoms with van der Waals surface area (Å²) < 4.78 is 26.1. The molecular weight excluding hydrogens is 362 g/mol. The van der Waals surface area contributed by atoms with Crippen LogP contribution in [0.2, 0.25) is 0 Å². The Labute approximate surface area is 162 Å². The Bertz CT molecular complexity index is 898. The van der Waals surface area contributed by atoms with Gasteiger partial charge in [-0.15, -0.1) is 0 Å². The van der Waals surface area contributed by atoms with Gasteiger partial charge in [0.1, 0.15) is 0 Å². The van der Waals surface area contributed by atoms with Gasteiger partial charge in [0, 0.05) is 35.3 Å². The lowest BCUT2D eigenvalue weighted by Crippen LogP contribution is -2.60. The highest BCUT2D eigenvalue weighted by Crippen LogP contribution is 2.39. The van der Waals surface area contributed by atoms with Crippen LogP contribution in [0.5, 0.6) is 0 Å². The number of hydrogen-bond acceptors (Lipinski definition) is 4. The van der Waals surface area contributed by atoms with Gasteiger partial charge in [-0.25, -0.2) is 18.7 Å². The predicted octanol–water partition coefficient (Wildman–Crippen LogP) is 3.50. The lowest BCUT2D eigenvalue weighted by atomic mass is 9.88. The third-order valence-corrected chi connectivity index (χ3v) is 6.24. The maximum atomic E-state index is 13.0. The van der Waals surface area contributed by atoms with E-state index in [0.717, 1.165) is 36.8 Å². The van der Waals surface area contributed by atoms with E-state index in [2.05, 4.69) is 15.3 Å². The molecule has 1 aliphatic heterocycles. The smallest absolute Gasteiger partial charge is 0.272 e. The van der Waals surface area contributed by atoms with Crippen molar-refractivity contribution in [3.05, 3.63) is 35.7 Å². The number of aromatic nitrogens is 2. The van der Waals surface area contributed by atoms with Crippen molar-refractivity contribution in [2.24, 2.45) is 0 Å². The van der Waals surface area contributed by atoms with Crippen molar-refractivity contribution in [1.82, 2.24) is 20.2 Å². The van der Waals surface area contributed by atoms with Crippen LogP contribution in [-0.2, 0) is 0 Å². The molecule has 5 nitrogen and oxygen atoms in total. The molecule has 5 rings (SSSR count). The van der Waals surface area contributed by atoms with E-state index in [4.69, 9.17) is 0 Å². The number of hydrogen-bond donors (Lipinski definition) is 1. The van der Waals surface area contributed by atoms with E-state index in [9.17, 15) is 13.6 Å². The Kier molecular flexibility index (Phi) is 4.30. The number of rotatable bonds is 4. The fraction of sp³-hybridized carbons (Fsp3) is 0.571. The van der Waals surface area contributed by atoms with E-state index >= 15 is 0 Å². The summed E-state index contributed by atoms with van der Waals surface area (Å²) in [5.41, 5.74) is 2.32. The molecule has 0 aromatic carbocycles. The minimum absolute atomic E-state index is 0.0941. The Hall–Kier alpha value is -2.15. The summed E-state index contributed by atoms with van der Waals surface area (Å²) in [7, 11) is 0. The van der Waals surface area contributed by atoms with Gasteiger partial charge in [0.15, 0.2) is 5.65 Å². The third kappa shape index (κ3) is 3.60. The first-order valence-electron chi connectivity index (χ1n) is 10.2. The minimum Gasteiger partial charge on any atom is -0.349 e. The number of nitrogens with one attached hydrogen (secondary N) is 1. The molecule has 1 N–H and O–H groups in total. The zero-order valence-electron chi connectivity index (χ0n) is 15.7. The average Bonchev–Trinajstić information content (AvgIpc) is 3.51. The number of nitrogens with zero attached hydrogens (tertiary/aromatic N) is 3. The zero-order valence-corrected chi connectivity index (χ0v) is 15.7. The maximum absolute atomic E-state index is 13.0. The van der Waals surface area contributed by atoms with Crippen molar-refractivity contribution in [2.75, 3.05) is 13.1 Å². The third-order valence-electron chi connectivity index (χ3n) is 6.24. The second-order valence-corrected chi connectivity index (χ2v) is 8.52. The van der Waals surface area contributed by atoms with Crippen LogP contribution in [-0.4, -0.2) is 51.9 Å². The molecule has 7 heteroatoms. The Balaban J connectivity index is 1.18. The molecule has 2 aromatic rings. The topological polar surface area (TPSA) is 58.1 Å². The molecule has 2 saturated carbocycles. The fourth-order valence-electron chi connectivity index (χ4n) is 4.42. The van der Waals surface area contributed by atoms with Gasteiger partial charge < -0.3 is 5.32 Å². The van der Waals surface area contributed by atoms with Gasteiger partial charge in [-0.05, 0) is 56.7 Å². The van der Waals surface area contributed by atoms with E-state index in [1.807, 2.05) is 23.1 Å². The van der Waals surface area contributed by atoms with E-state index in [0.29, 0.717) is 17.1 Å². The Morgan fingerprint density at radius 2 is 1.86 bits per heavy atom. The molecular formula is C21H24F2N4O. The molecule has 3 heterocycles. The predicted molar refractivity (Wildman–Crippen MR) is 102 cm³/mol. The van der Waals surface area contributed by atoms with E-state index < -0.39 is 5.92 Å². The van der Waals surface area contributed by atoms with Crippen molar-refractivity contribution in [3.63, 3.8) is 0 Å². The molecule has 1 amide bonds. The summed E-state index contributed by atoms with van der Waals surface area (Å²) >= 11 is 0. The lowest BCUT2D eigenvalue weighted by Gasteiger charge is -2.46. The standard InChI is InChI=1S/C21H24F2N4O/c22-21(23)11-27(12-21)17-6-4-16(5-7-17)25-20(28)15-9-14-3-8-18(13-1-2-13)26-19(14)24-10-15/h3,8-10,13,16-17H,1-2,4-7,11-12H2,(H,25,28)/t16-,17-. The number of carbonyl (C=O) groups is 1. The molecule has 0 unspecified atom stereocenters. The summed E-state index contributed by atoms with van der Waals surface area (Å²) in [4.78, 5) is 23.5. The van der Waals surface area contributed by atoms with Crippen molar-refractivity contribution in [2.45, 2.75) is 62.4 Å². The van der Waals surface area contributed by atoms with E-state index in [-0.39, 0.29) is 31.1 Å². The van der Waals surface area contributed by atoms with Crippen LogP contribution in [0.25, 0.3) is 11.0 Å². The minimum atomic E-state index is -2.51. The molecule has 3 aliphatic rings. The SMILES string of the molecule is O=C(N[C@H]1CC[C@H](N2CC(F)(F)C2)CC1)c1cnc2nc(C3CC3)ccc2c1. The number of halogens is 2. The van der Waals surface area contributed by atoms with Crippen molar-refractivity contribution in [1.29, 1.82) is 0 Å². The highest BCUT2D eigenvalue weighted by Gasteiger charge is 2.47. The van der Waals surface area contributed by atoms with Gasteiger partial charge in [0.2, 0.25) is 0 Å². The average molecular weight is 386 g/mol. The second-order valence-electron chi connectivity index (χ2n) is 8.52. The maximum Gasteiger partial charge on any atom is 0.272 e. The first kappa shape index (κ1) is 17.9. The molecule has 28 heavy (non-hydrogen) atoms. The summed E-state index contributed by atoms with van der Waals surface area (Å²) in [6.07, 6.45) is 7.34. The molecule has 2 aromatic heterocycles. The van der Waals surface area contributed by atoms with Gasteiger partial charge in [-0.3, -0.25) is 9.69 Å². The Morgan fingerprint density at radius 3 is 2.54 bits per heavy atom. The van der Waals surface area contributed by atoms with Gasteiger partial charge in [-0.1, -0.05) is 0 Å². The number of likely N-dealkylation sites (tertiary alicyclic amines) is 1. The van der Waals surface area contributed by atoms with E-state index in [1.165, 1.54) is 12.8 Å². The summed E-state index contributed by atoms with van der Waals surface area (Å²) in [5, 5.41) is 3.96. The molecule has 0 radical (unpaired) electrons. The van der Waals surface area contributed by atoms with E-state index in [1.54, 1.807) is 6.20 Å². The molecule has 0 spiro atoms. The zero-order chi connectivity index (χ0) is 19.3. The molecule has 0 atom stereocenters. The normalized spacial score (nSPS) is 27.4. The van der Waals surface area contributed by atoms with Gasteiger partial charge in [-0.2, -0.15) is 0 Å². The summed E-state index contributed by atoms with van der Waals surface area (Å²) in [6.45, 7) is -0.234. The number of fused-ring (bicyclic) bond motifs is 1. The van der Waals surface area contributed by atoms with Crippen LogP contribution >= 0.6 is 0 Å². The highest BCUT2D eigenvalue weighted by atomic mass is 19.3. The largest absolute Gasteiger partial charge is 0.349 e. The molecule has 3 fully saturated rings. The Morgan fingerprint density at radius 1 is 1.11 bits per heavy atom. The van der Waals surface area contributed by atoms with Crippen LogP contribution in [0.1, 0.15) is 60.5 Å². The van der Waals surface area contributed by atoms with Crippen molar-refractivity contribution in [3.8, 4) is 0 Å². The molecule has 0 bridgehead atoms. The number of alkyl halides is 2. The highest BCUT2D eigenvalue weighted by molar-refractivity contribution is 5.97. The van der Waals surface area contributed by atoms with Crippen LogP contribution in [0, 0.1) is 0 Å². The van der Waals surface area contributed by atoms with Crippen molar-refractivity contribution < 1.29 is 13.6 Å². The van der Waals surface area contributed by atoms with Crippen molar-refractivity contribution >= 4 is 16.9 Å². The monoisotopic (exact) mass is 386 g/mol. The fourth-order valence-corrected chi connectivity index (χ4v) is 4.42. The molecule has 148 valence electrons. The summed E-state index contributed by atoms with van der Waals surface area (Å²) in [6, 6.07) is 6.19. The van der Waals surface area contributed by atoms with Gasteiger partial charge >= 0.3 is 0 Å². The summed E-state index contributed by atoms with van der Waals surface area (Å²) in [5.74, 6) is -2.06. The van der Waals surface area contributed by atoms with Crippen LogP contribution in [0.4, 0.5) is 8.78 Å². The second kappa shape index (κ2) is 6.72. The number of carbonyl (C=O) groups excluding carboxylic acids is 1. The first-order chi connectivity index (χ1) is 13.5. The lowest BCUT2D eigenvalue weighted by molar-refractivity contribution is -0.150. The first-order valence-corrected chi connectivity index (χ1v) is 10.2. The quantitative estimate of drug-likeness (QED) is 0.874. The van der Waals surface area contributed by atoms with Gasteiger partial charge in [0.25, 0.3) is 11.8 Å². The molecule has 2 aliphatic carbocycles. The molecule has 1 saturated heterocycles.